The van der Waals surface area contributed by atoms with Gasteiger partial charge < -0.3 is 15.7 Å². The Morgan fingerprint density at radius 1 is 1.24 bits per heavy atom. The van der Waals surface area contributed by atoms with Crippen molar-refractivity contribution in [2.45, 2.75) is 0 Å². The third-order valence-corrected chi connectivity index (χ3v) is 2.79. The fraction of sp³-hybridized carbons (Fsp3) is 0. The Hall–Kier alpha value is -2.73. The molecule has 0 spiro atoms. The van der Waals surface area contributed by atoms with Gasteiger partial charge in [-0.3, -0.25) is 5.32 Å². The minimum atomic E-state index is -0.713. The molecule has 0 aromatic heterocycles. The number of hydrogen-bond donors (Lipinski definition) is 3. The van der Waals surface area contributed by atoms with Gasteiger partial charge >= 0.3 is 6.09 Å². The Bertz CT molecular complexity index is 674. The number of carbonyl (C=O) groups excluding carboxylic acids is 1. The number of nitrogens with zero attached hydrogens (tertiary/aromatic N) is 1. The molecule has 0 aliphatic rings. The summed E-state index contributed by atoms with van der Waals surface area (Å²) in [7, 11) is 0. The number of amides is 1. The lowest BCUT2D eigenvalue weighted by Gasteiger charge is -2.11. The second-order valence-electron chi connectivity index (χ2n) is 4.00. The zero-order chi connectivity index (χ0) is 15.2. The van der Waals surface area contributed by atoms with Crippen molar-refractivity contribution in [1.82, 2.24) is 0 Å². The lowest BCUT2D eigenvalue weighted by molar-refractivity contribution is 0.215. The summed E-state index contributed by atoms with van der Waals surface area (Å²) >= 11 is 5.87. The van der Waals surface area contributed by atoms with E-state index in [9.17, 15) is 4.79 Å². The van der Waals surface area contributed by atoms with Crippen LogP contribution in [0, 0.1) is 0 Å². The molecule has 0 saturated carbocycles. The van der Waals surface area contributed by atoms with Crippen molar-refractivity contribution in [2.24, 2.45) is 10.9 Å². The van der Waals surface area contributed by atoms with Crippen molar-refractivity contribution in [3.05, 3.63) is 59.1 Å². The predicted octanol–water partition coefficient (Wildman–Crippen LogP) is 3.05. The smallest absolute Gasteiger partial charge is 0.410 e. The molecule has 2 aromatic carbocycles. The molecule has 1 amide bonds. The van der Waals surface area contributed by atoms with Crippen molar-refractivity contribution in [1.29, 1.82) is 0 Å². The lowest BCUT2D eigenvalue weighted by Crippen LogP contribution is -2.21. The van der Waals surface area contributed by atoms with Gasteiger partial charge in [-0.1, -0.05) is 35.0 Å². The largest absolute Gasteiger partial charge is 0.417 e. The van der Waals surface area contributed by atoms with E-state index in [0.717, 1.165) is 0 Å². The van der Waals surface area contributed by atoms with Crippen LogP contribution < -0.4 is 15.8 Å². The van der Waals surface area contributed by atoms with Crippen LogP contribution in [0.4, 0.5) is 10.5 Å². The van der Waals surface area contributed by atoms with Gasteiger partial charge in [0.05, 0.1) is 5.69 Å². The molecular weight excluding hydrogens is 294 g/mol. The highest BCUT2D eigenvalue weighted by atomic mass is 35.5. The maximum Gasteiger partial charge on any atom is 0.417 e. The molecule has 2 aromatic rings. The number of nitrogens with one attached hydrogen (secondary N) is 1. The number of amidine groups is 1. The second kappa shape index (κ2) is 6.62. The fourth-order valence-electron chi connectivity index (χ4n) is 1.63. The standard InChI is InChI=1S/C14H12ClN3O3/c15-9-6-7-11(13(16)18-20)12(8-9)17-14(19)21-10-4-2-1-3-5-10/h1-8,20H,(H2,16,18)(H,17,19). The van der Waals surface area contributed by atoms with Crippen molar-refractivity contribution in [3.8, 4) is 5.75 Å². The molecule has 0 saturated heterocycles. The number of ether oxygens (including phenoxy) is 1. The summed E-state index contributed by atoms with van der Waals surface area (Å²) < 4.78 is 5.09. The Kier molecular flexibility index (Phi) is 4.63. The lowest BCUT2D eigenvalue weighted by atomic mass is 10.1. The van der Waals surface area contributed by atoms with Crippen molar-refractivity contribution >= 4 is 29.2 Å². The number of oxime groups is 1. The first-order valence-electron chi connectivity index (χ1n) is 5.91. The molecular formula is C14H12ClN3O3. The van der Waals surface area contributed by atoms with Crippen LogP contribution >= 0.6 is 11.6 Å². The van der Waals surface area contributed by atoms with Crippen molar-refractivity contribution in [2.75, 3.05) is 5.32 Å². The van der Waals surface area contributed by atoms with Crippen LogP contribution in [0.5, 0.6) is 5.75 Å². The minimum absolute atomic E-state index is 0.151. The maximum absolute atomic E-state index is 11.8. The van der Waals surface area contributed by atoms with Crippen LogP contribution in [-0.4, -0.2) is 17.1 Å². The highest BCUT2D eigenvalue weighted by Crippen LogP contribution is 2.21. The van der Waals surface area contributed by atoms with Gasteiger partial charge in [0.15, 0.2) is 5.84 Å². The average molecular weight is 306 g/mol. The average Bonchev–Trinajstić information content (AvgIpc) is 2.47. The molecule has 0 heterocycles. The third kappa shape index (κ3) is 3.87. The van der Waals surface area contributed by atoms with Gasteiger partial charge in [0.25, 0.3) is 0 Å². The fourth-order valence-corrected chi connectivity index (χ4v) is 1.80. The predicted molar refractivity (Wildman–Crippen MR) is 80.1 cm³/mol. The van der Waals surface area contributed by atoms with Gasteiger partial charge in [0.1, 0.15) is 5.75 Å². The van der Waals surface area contributed by atoms with E-state index in [1.165, 1.54) is 12.1 Å². The Morgan fingerprint density at radius 3 is 2.62 bits per heavy atom. The first-order valence-corrected chi connectivity index (χ1v) is 6.29. The summed E-state index contributed by atoms with van der Waals surface area (Å²) in [5, 5.41) is 14.5. The molecule has 2 rings (SSSR count). The normalized spacial score (nSPS) is 11.0. The van der Waals surface area contributed by atoms with Crippen LogP contribution in [-0.2, 0) is 0 Å². The highest BCUT2D eigenvalue weighted by Gasteiger charge is 2.12. The monoisotopic (exact) mass is 305 g/mol. The number of rotatable bonds is 3. The van der Waals surface area contributed by atoms with E-state index in [-0.39, 0.29) is 11.5 Å². The summed E-state index contributed by atoms with van der Waals surface area (Å²) in [6.45, 7) is 0. The highest BCUT2D eigenvalue weighted by molar-refractivity contribution is 6.31. The van der Waals surface area contributed by atoms with Gasteiger partial charge in [0.2, 0.25) is 0 Å². The van der Waals surface area contributed by atoms with Crippen LogP contribution in [0.2, 0.25) is 5.02 Å². The Morgan fingerprint density at radius 2 is 1.95 bits per heavy atom. The molecule has 0 unspecified atom stereocenters. The zero-order valence-electron chi connectivity index (χ0n) is 10.8. The van der Waals surface area contributed by atoms with Crippen molar-refractivity contribution < 1.29 is 14.7 Å². The molecule has 108 valence electrons. The summed E-state index contributed by atoms with van der Waals surface area (Å²) in [5.74, 6) is 0.240. The molecule has 0 atom stereocenters. The number of nitrogens with two attached hydrogens (primary N) is 1. The van der Waals surface area contributed by atoms with Crippen LogP contribution in [0.25, 0.3) is 0 Å². The minimum Gasteiger partial charge on any atom is -0.410 e. The number of carbonyl (C=O) groups is 1. The second-order valence-corrected chi connectivity index (χ2v) is 4.44. The van der Waals surface area contributed by atoms with E-state index < -0.39 is 6.09 Å². The van der Waals surface area contributed by atoms with Gasteiger partial charge in [0, 0.05) is 10.6 Å². The molecule has 0 aliphatic heterocycles. The Labute approximate surface area is 125 Å². The quantitative estimate of drug-likeness (QED) is 0.351. The zero-order valence-corrected chi connectivity index (χ0v) is 11.5. The number of para-hydroxylation sites is 1. The number of anilines is 1. The topological polar surface area (TPSA) is 96.9 Å². The van der Waals surface area contributed by atoms with E-state index in [1.807, 2.05) is 0 Å². The number of hydrogen-bond acceptors (Lipinski definition) is 4. The molecule has 0 aliphatic carbocycles. The molecule has 7 heteroatoms. The Balaban J connectivity index is 2.19. The van der Waals surface area contributed by atoms with E-state index in [2.05, 4.69) is 10.5 Å². The van der Waals surface area contributed by atoms with Gasteiger partial charge in [-0.2, -0.15) is 0 Å². The van der Waals surface area contributed by atoms with E-state index in [0.29, 0.717) is 16.3 Å². The van der Waals surface area contributed by atoms with E-state index in [4.69, 9.17) is 27.3 Å². The first-order chi connectivity index (χ1) is 10.1. The van der Waals surface area contributed by atoms with Gasteiger partial charge in [-0.05, 0) is 30.3 Å². The van der Waals surface area contributed by atoms with Crippen LogP contribution in [0.3, 0.4) is 0 Å². The van der Waals surface area contributed by atoms with E-state index >= 15 is 0 Å². The van der Waals surface area contributed by atoms with Crippen LogP contribution in [0.1, 0.15) is 5.56 Å². The van der Waals surface area contributed by atoms with Crippen LogP contribution in [0.15, 0.2) is 53.7 Å². The molecule has 0 fully saturated rings. The molecule has 6 nitrogen and oxygen atoms in total. The molecule has 0 radical (unpaired) electrons. The van der Waals surface area contributed by atoms with E-state index in [1.54, 1.807) is 36.4 Å². The molecule has 0 bridgehead atoms. The number of halogens is 1. The molecule has 4 N–H and O–H groups in total. The third-order valence-electron chi connectivity index (χ3n) is 2.56. The summed E-state index contributed by atoms with van der Waals surface area (Å²) in [6.07, 6.45) is -0.713. The van der Waals surface area contributed by atoms with Gasteiger partial charge in [-0.25, -0.2) is 4.79 Å². The summed E-state index contributed by atoms with van der Waals surface area (Å²) in [4.78, 5) is 11.8. The van der Waals surface area contributed by atoms with Gasteiger partial charge in [-0.15, -0.1) is 0 Å². The number of benzene rings is 2. The summed E-state index contributed by atoms with van der Waals surface area (Å²) in [5.41, 5.74) is 6.14. The summed E-state index contributed by atoms with van der Waals surface area (Å²) in [6, 6.07) is 13.1. The first kappa shape index (κ1) is 14.7. The maximum atomic E-state index is 11.8. The SMILES string of the molecule is NC(=NO)c1ccc(Cl)cc1NC(=O)Oc1ccccc1. The molecule has 21 heavy (non-hydrogen) atoms. The van der Waals surface area contributed by atoms with Crippen molar-refractivity contribution in [3.63, 3.8) is 0 Å².